The molecule has 2 N–H and O–H groups in total. The van der Waals surface area contributed by atoms with Crippen molar-refractivity contribution in [1.29, 1.82) is 0 Å². The predicted octanol–water partition coefficient (Wildman–Crippen LogP) is 0.332. The van der Waals surface area contributed by atoms with Crippen LogP contribution in [0.25, 0.3) is 0 Å². The normalized spacial score (nSPS) is 11.9. The molecule has 0 fully saturated rings. The van der Waals surface area contributed by atoms with E-state index in [9.17, 15) is 8.42 Å². The SMILES string of the molecule is CCCOCCCNS(=O)(=O)CCCNC. The molecule has 0 amide bonds. The fourth-order valence-electron chi connectivity index (χ4n) is 1.16. The molecule has 98 valence electrons. The molecule has 0 spiro atoms. The van der Waals surface area contributed by atoms with Gasteiger partial charge in [-0.05, 0) is 32.9 Å². The van der Waals surface area contributed by atoms with Crippen molar-refractivity contribution in [1.82, 2.24) is 10.0 Å². The number of ether oxygens (including phenoxy) is 1. The highest BCUT2D eigenvalue weighted by Gasteiger charge is 2.07. The largest absolute Gasteiger partial charge is 0.381 e. The van der Waals surface area contributed by atoms with Crippen molar-refractivity contribution >= 4 is 10.0 Å². The standard InChI is InChI=1S/C10H24N2O3S/c1-3-8-15-9-4-7-12-16(13,14)10-5-6-11-2/h11-12H,3-10H2,1-2H3. The summed E-state index contributed by atoms with van der Waals surface area (Å²) in [5.74, 6) is 0.184. The molecule has 0 atom stereocenters. The van der Waals surface area contributed by atoms with Crippen LogP contribution in [0.3, 0.4) is 0 Å². The zero-order chi connectivity index (χ0) is 12.3. The smallest absolute Gasteiger partial charge is 0.211 e. The number of hydrogen-bond donors (Lipinski definition) is 2. The second-order valence-corrected chi connectivity index (χ2v) is 5.56. The molecule has 6 heteroatoms. The maximum absolute atomic E-state index is 11.4. The molecule has 0 aliphatic rings. The molecule has 0 unspecified atom stereocenters. The van der Waals surface area contributed by atoms with Crippen LogP contribution in [-0.2, 0) is 14.8 Å². The second-order valence-electron chi connectivity index (χ2n) is 3.64. The van der Waals surface area contributed by atoms with Gasteiger partial charge in [0.05, 0.1) is 5.75 Å². The van der Waals surface area contributed by atoms with Gasteiger partial charge in [-0.25, -0.2) is 13.1 Å². The highest BCUT2D eigenvalue weighted by molar-refractivity contribution is 7.89. The van der Waals surface area contributed by atoms with Crippen LogP contribution >= 0.6 is 0 Å². The van der Waals surface area contributed by atoms with Gasteiger partial charge in [0.2, 0.25) is 10.0 Å². The van der Waals surface area contributed by atoms with Gasteiger partial charge in [0, 0.05) is 19.8 Å². The summed E-state index contributed by atoms with van der Waals surface area (Å²) in [6.07, 6.45) is 2.36. The molecule has 0 aromatic carbocycles. The van der Waals surface area contributed by atoms with Gasteiger partial charge in [0.25, 0.3) is 0 Å². The molecule has 0 bridgehead atoms. The number of hydrogen-bond acceptors (Lipinski definition) is 4. The molecule has 0 aromatic heterocycles. The minimum absolute atomic E-state index is 0.184. The van der Waals surface area contributed by atoms with Crippen molar-refractivity contribution in [2.24, 2.45) is 0 Å². The first-order chi connectivity index (χ1) is 7.62. The topological polar surface area (TPSA) is 67.4 Å². The van der Waals surface area contributed by atoms with E-state index in [0.717, 1.165) is 26.0 Å². The van der Waals surface area contributed by atoms with Gasteiger partial charge in [-0.15, -0.1) is 0 Å². The number of rotatable bonds is 11. The minimum Gasteiger partial charge on any atom is -0.381 e. The molecule has 0 saturated carbocycles. The molecule has 0 saturated heterocycles. The van der Waals surface area contributed by atoms with Crippen LogP contribution in [0.2, 0.25) is 0 Å². The molecule has 0 radical (unpaired) electrons. The Balaban J connectivity index is 3.43. The monoisotopic (exact) mass is 252 g/mol. The van der Waals surface area contributed by atoms with Gasteiger partial charge in [0.15, 0.2) is 0 Å². The van der Waals surface area contributed by atoms with Gasteiger partial charge >= 0.3 is 0 Å². The molecule has 0 aliphatic heterocycles. The zero-order valence-electron chi connectivity index (χ0n) is 10.3. The summed E-state index contributed by atoms with van der Waals surface area (Å²) in [4.78, 5) is 0. The van der Waals surface area contributed by atoms with E-state index in [2.05, 4.69) is 10.0 Å². The Labute approximate surface area is 99.0 Å². The Bertz CT molecular complexity index is 242. The lowest BCUT2D eigenvalue weighted by molar-refractivity contribution is 0.133. The van der Waals surface area contributed by atoms with Gasteiger partial charge < -0.3 is 10.1 Å². The van der Waals surface area contributed by atoms with Crippen LogP contribution in [0.5, 0.6) is 0 Å². The first kappa shape index (κ1) is 15.8. The fraction of sp³-hybridized carbons (Fsp3) is 1.00. The van der Waals surface area contributed by atoms with Crippen molar-refractivity contribution < 1.29 is 13.2 Å². The maximum Gasteiger partial charge on any atom is 0.211 e. The van der Waals surface area contributed by atoms with Gasteiger partial charge in [-0.3, -0.25) is 0 Å². The molecule has 0 rings (SSSR count). The third-order valence-corrected chi connectivity index (χ3v) is 3.45. The van der Waals surface area contributed by atoms with E-state index in [0.29, 0.717) is 19.6 Å². The van der Waals surface area contributed by atoms with E-state index < -0.39 is 10.0 Å². The zero-order valence-corrected chi connectivity index (χ0v) is 11.1. The molecule has 16 heavy (non-hydrogen) atoms. The highest BCUT2D eigenvalue weighted by atomic mass is 32.2. The summed E-state index contributed by atoms with van der Waals surface area (Å²) >= 11 is 0. The Hall–Kier alpha value is -0.170. The van der Waals surface area contributed by atoms with E-state index in [1.54, 1.807) is 0 Å². The summed E-state index contributed by atoms with van der Waals surface area (Å²) in [5.41, 5.74) is 0. The van der Waals surface area contributed by atoms with E-state index in [1.807, 2.05) is 14.0 Å². The van der Waals surface area contributed by atoms with Crippen molar-refractivity contribution in [2.75, 3.05) is 39.1 Å². The lowest BCUT2D eigenvalue weighted by atomic mass is 10.4. The van der Waals surface area contributed by atoms with E-state index >= 15 is 0 Å². The average molecular weight is 252 g/mol. The highest BCUT2D eigenvalue weighted by Crippen LogP contribution is 1.90. The lowest BCUT2D eigenvalue weighted by Crippen LogP contribution is -2.29. The average Bonchev–Trinajstić information content (AvgIpc) is 2.23. The summed E-state index contributed by atoms with van der Waals surface area (Å²) in [5, 5.41) is 2.92. The third-order valence-electron chi connectivity index (χ3n) is 1.98. The van der Waals surface area contributed by atoms with Crippen molar-refractivity contribution in [3.05, 3.63) is 0 Å². The Morgan fingerprint density at radius 1 is 1.12 bits per heavy atom. The quantitative estimate of drug-likeness (QED) is 0.520. The summed E-state index contributed by atoms with van der Waals surface area (Å²) in [6, 6.07) is 0. The van der Waals surface area contributed by atoms with Crippen LogP contribution in [0.4, 0.5) is 0 Å². The number of sulfonamides is 1. The van der Waals surface area contributed by atoms with Crippen molar-refractivity contribution in [3.63, 3.8) is 0 Å². The fourth-order valence-corrected chi connectivity index (χ4v) is 2.28. The first-order valence-corrected chi connectivity index (χ1v) is 7.47. The third kappa shape index (κ3) is 10.4. The summed E-state index contributed by atoms with van der Waals surface area (Å²) in [6.45, 7) is 4.60. The van der Waals surface area contributed by atoms with Crippen LogP contribution in [-0.4, -0.2) is 47.5 Å². The Kier molecular flexibility index (Phi) is 9.91. The predicted molar refractivity (Wildman–Crippen MR) is 66.1 cm³/mol. The molecule has 0 aliphatic carbocycles. The second kappa shape index (κ2) is 10.0. The Morgan fingerprint density at radius 2 is 1.88 bits per heavy atom. The molecular formula is C10H24N2O3S. The van der Waals surface area contributed by atoms with Crippen molar-refractivity contribution in [3.8, 4) is 0 Å². The van der Waals surface area contributed by atoms with Crippen LogP contribution in [0.15, 0.2) is 0 Å². The van der Waals surface area contributed by atoms with Crippen molar-refractivity contribution in [2.45, 2.75) is 26.2 Å². The first-order valence-electron chi connectivity index (χ1n) is 5.82. The van der Waals surface area contributed by atoms with Crippen LogP contribution < -0.4 is 10.0 Å². The van der Waals surface area contributed by atoms with Crippen LogP contribution in [0.1, 0.15) is 26.2 Å². The number of nitrogens with one attached hydrogen (secondary N) is 2. The molecular weight excluding hydrogens is 228 g/mol. The van der Waals surface area contributed by atoms with E-state index in [-0.39, 0.29) is 5.75 Å². The summed E-state index contributed by atoms with van der Waals surface area (Å²) < 4.78 is 30.6. The van der Waals surface area contributed by atoms with Gasteiger partial charge in [-0.2, -0.15) is 0 Å². The van der Waals surface area contributed by atoms with E-state index in [4.69, 9.17) is 4.74 Å². The van der Waals surface area contributed by atoms with Gasteiger partial charge in [0.1, 0.15) is 0 Å². The summed E-state index contributed by atoms with van der Waals surface area (Å²) in [7, 11) is -1.28. The minimum atomic E-state index is -3.09. The molecule has 0 aromatic rings. The Morgan fingerprint density at radius 3 is 2.50 bits per heavy atom. The lowest BCUT2D eigenvalue weighted by Gasteiger charge is -2.06. The molecule has 5 nitrogen and oxygen atoms in total. The van der Waals surface area contributed by atoms with Gasteiger partial charge in [-0.1, -0.05) is 6.92 Å². The molecule has 0 heterocycles. The maximum atomic E-state index is 11.4. The van der Waals surface area contributed by atoms with E-state index in [1.165, 1.54) is 0 Å². The van der Waals surface area contributed by atoms with Crippen LogP contribution in [0, 0.1) is 0 Å².